The highest BCUT2D eigenvalue weighted by molar-refractivity contribution is 7.86. The number of morpholine rings is 1. The average molecular weight is 911 g/mol. The quantitative estimate of drug-likeness (QED) is 0.0703. The van der Waals surface area contributed by atoms with Gasteiger partial charge in [-0.1, -0.05) is 51.4 Å². The molecule has 2 heterocycles. The Hall–Kier alpha value is -5.46. The lowest BCUT2D eigenvalue weighted by Gasteiger charge is -2.26. The number of nitro groups is 6. The third-order valence-corrected chi connectivity index (χ3v) is 11.2. The van der Waals surface area contributed by atoms with Crippen LogP contribution in [0.1, 0.15) is 77.0 Å². The first kappa shape index (κ1) is 51.7. The zero-order valence-electron chi connectivity index (χ0n) is 32.7. The number of unbranched alkanes of at least 4 members (excludes halogenated alkanes) is 8. The molecule has 0 saturated carbocycles. The monoisotopic (exact) mass is 910 g/mol. The summed E-state index contributed by atoms with van der Waals surface area (Å²) in [5.41, 5.74) is -7.92. The minimum atomic E-state index is -5.30. The summed E-state index contributed by atoms with van der Waals surface area (Å²) in [4.78, 5) is 57.5. The van der Waals surface area contributed by atoms with Crippen LogP contribution in [0.2, 0.25) is 0 Å². The van der Waals surface area contributed by atoms with E-state index in [-0.39, 0.29) is 24.3 Å². The first-order valence-corrected chi connectivity index (χ1v) is 21.6. The molecular formula is C32H46N8O19S2. The van der Waals surface area contributed by atoms with E-state index >= 15 is 0 Å². The lowest BCUT2D eigenvalue weighted by atomic mass is 10.1. The predicted molar refractivity (Wildman–Crippen MR) is 212 cm³/mol. The molecule has 2 fully saturated rings. The van der Waals surface area contributed by atoms with Gasteiger partial charge in [0.2, 0.25) is 9.79 Å². The zero-order chi connectivity index (χ0) is 45.9. The second-order valence-electron chi connectivity index (χ2n) is 13.7. The molecule has 61 heavy (non-hydrogen) atoms. The molecule has 0 aliphatic carbocycles. The second kappa shape index (κ2) is 24.7. The number of nitro benzene ring substituents is 6. The lowest BCUT2D eigenvalue weighted by molar-refractivity contribution is -0.407. The summed E-state index contributed by atoms with van der Waals surface area (Å²) in [7, 11) is -10.6. The fourth-order valence-corrected chi connectivity index (χ4v) is 7.96. The molecule has 2 N–H and O–H groups in total. The van der Waals surface area contributed by atoms with Crippen molar-refractivity contribution in [3.05, 3.63) is 85.0 Å². The molecule has 340 valence electrons. The number of non-ortho nitro benzene ring substituents is 2. The highest BCUT2D eigenvalue weighted by Crippen LogP contribution is 2.38. The molecule has 29 heteroatoms. The van der Waals surface area contributed by atoms with E-state index in [1.165, 1.54) is 103 Å². The molecule has 0 radical (unpaired) electrons. The van der Waals surface area contributed by atoms with Gasteiger partial charge in [-0.25, -0.2) is 0 Å². The standard InChI is InChI=1S/C20H40N2O.2C6H3N3O9S/c1(2-4-6-9-13-21-14-11-8-12-15-21)3-5-7-10-16-22-17-19-23-20-18-22;2*10-7(11)3-1-4(8(12)13)6(19(16,17)18)5(2-3)9(14)15/h1-20H2;2*1-2H,(H,16,17,18). The SMILES string of the molecule is C(CCCCCN1CCCCC1)CCCCCN1CCOCC1.O=[N+]([O-])c1cc([N+](=O)[O-])c(S(=O)(=O)O)c([N+](=O)[O-])c1.O=[N+]([O-])c1cc([N+](=O)[O-])c(S(=O)(=O)O)c([N+](=O)[O-])c1. The maximum Gasteiger partial charge on any atom is 0.308 e. The Kier molecular flexibility index (Phi) is 20.9. The van der Waals surface area contributed by atoms with Crippen LogP contribution in [-0.2, 0) is 25.0 Å². The molecule has 0 spiro atoms. The van der Waals surface area contributed by atoms with Gasteiger partial charge in [-0.3, -0.25) is 74.7 Å². The van der Waals surface area contributed by atoms with Crippen LogP contribution in [0.4, 0.5) is 34.1 Å². The van der Waals surface area contributed by atoms with Crippen molar-refractivity contribution in [2.75, 3.05) is 52.5 Å². The van der Waals surface area contributed by atoms with Gasteiger partial charge in [-0.15, -0.1) is 0 Å². The van der Waals surface area contributed by atoms with Crippen LogP contribution < -0.4 is 0 Å². The molecule has 2 aliphatic heterocycles. The van der Waals surface area contributed by atoms with Crippen LogP contribution in [0.25, 0.3) is 0 Å². The summed E-state index contributed by atoms with van der Waals surface area (Å²) < 4.78 is 66.7. The molecular weight excluding hydrogens is 865 g/mol. The Morgan fingerprint density at radius 3 is 1.00 bits per heavy atom. The van der Waals surface area contributed by atoms with Gasteiger partial charge in [-0.2, -0.15) is 16.8 Å². The average Bonchev–Trinajstić information content (AvgIpc) is 3.19. The van der Waals surface area contributed by atoms with Crippen LogP contribution in [0.3, 0.4) is 0 Å². The molecule has 27 nitrogen and oxygen atoms in total. The van der Waals surface area contributed by atoms with Crippen LogP contribution in [0.15, 0.2) is 34.1 Å². The molecule has 2 aromatic carbocycles. The summed E-state index contributed by atoms with van der Waals surface area (Å²) >= 11 is 0. The van der Waals surface area contributed by atoms with E-state index in [4.69, 9.17) is 13.8 Å². The zero-order valence-corrected chi connectivity index (χ0v) is 34.3. The van der Waals surface area contributed by atoms with Crippen LogP contribution in [-0.4, -0.2) is 118 Å². The van der Waals surface area contributed by atoms with Crippen molar-refractivity contribution in [3.8, 4) is 0 Å². The number of benzene rings is 2. The summed E-state index contributed by atoms with van der Waals surface area (Å²) in [6, 6.07) is 0.818. The van der Waals surface area contributed by atoms with E-state index in [1.54, 1.807) is 0 Å². The van der Waals surface area contributed by atoms with E-state index < -0.39 is 93.7 Å². The third kappa shape index (κ3) is 17.6. The van der Waals surface area contributed by atoms with Gasteiger partial charge in [-0.05, 0) is 51.9 Å². The highest BCUT2D eigenvalue weighted by Gasteiger charge is 2.39. The Balaban J connectivity index is 0.000000318. The number of ether oxygens (including phenoxy) is 1. The van der Waals surface area contributed by atoms with Gasteiger partial charge in [0.05, 0.1) is 67.0 Å². The number of likely N-dealkylation sites (tertiary alicyclic amines) is 1. The number of piperidine rings is 1. The molecule has 2 aliphatic rings. The molecule has 4 rings (SSSR count). The first-order valence-electron chi connectivity index (χ1n) is 18.8. The topological polar surface area (TPSA) is 383 Å². The second-order valence-corrected chi connectivity index (χ2v) is 16.4. The summed E-state index contributed by atoms with van der Waals surface area (Å²) in [5.74, 6) is 0. The fraction of sp³-hybridized carbons (Fsp3) is 0.625. The minimum absolute atomic E-state index is 0.204. The Morgan fingerprint density at radius 1 is 0.459 bits per heavy atom. The lowest BCUT2D eigenvalue weighted by Crippen LogP contribution is -2.36. The van der Waals surface area contributed by atoms with Crippen molar-refractivity contribution in [2.45, 2.75) is 86.8 Å². The summed E-state index contributed by atoms with van der Waals surface area (Å²) in [6.07, 6.45) is 17.3. The van der Waals surface area contributed by atoms with E-state index in [9.17, 15) is 77.5 Å². The van der Waals surface area contributed by atoms with Crippen LogP contribution in [0.5, 0.6) is 0 Å². The summed E-state index contributed by atoms with van der Waals surface area (Å²) in [5, 5.41) is 63.3. The molecule has 2 saturated heterocycles. The minimum Gasteiger partial charge on any atom is -0.379 e. The van der Waals surface area contributed by atoms with Crippen molar-refractivity contribution in [2.24, 2.45) is 0 Å². The van der Waals surface area contributed by atoms with Gasteiger partial charge in [0.15, 0.2) is 0 Å². The van der Waals surface area contributed by atoms with Crippen molar-refractivity contribution < 1.29 is 60.2 Å². The smallest absolute Gasteiger partial charge is 0.308 e. The van der Waals surface area contributed by atoms with Crippen LogP contribution >= 0.6 is 0 Å². The van der Waals surface area contributed by atoms with Gasteiger partial charge in [0.25, 0.3) is 11.4 Å². The number of nitrogens with zero attached hydrogens (tertiary/aromatic N) is 8. The number of hydrogen-bond acceptors (Lipinski definition) is 19. The van der Waals surface area contributed by atoms with Crippen molar-refractivity contribution in [1.82, 2.24) is 9.80 Å². The number of rotatable bonds is 20. The fourth-order valence-electron chi connectivity index (χ4n) is 6.37. The van der Waals surface area contributed by atoms with Gasteiger partial charge in [0.1, 0.15) is 0 Å². The number of hydrogen-bond donors (Lipinski definition) is 2. The highest BCUT2D eigenvalue weighted by atomic mass is 32.2. The van der Waals surface area contributed by atoms with E-state index in [0.29, 0.717) is 0 Å². The van der Waals surface area contributed by atoms with E-state index in [1.807, 2.05) is 0 Å². The maximum atomic E-state index is 10.9. The Morgan fingerprint density at radius 2 is 0.738 bits per heavy atom. The van der Waals surface area contributed by atoms with Crippen molar-refractivity contribution in [3.63, 3.8) is 0 Å². The molecule has 0 aromatic heterocycles. The normalized spacial score (nSPS) is 14.7. The molecule has 0 atom stereocenters. The van der Waals surface area contributed by atoms with Crippen molar-refractivity contribution in [1.29, 1.82) is 0 Å². The Bertz CT molecular complexity index is 1890. The van der Waals surface area contributed by atoms with Gasteiger partial charge >= 0.3 is 43.0 Å². The molecule has 2 aromatic rings. The maximum absolute atomic E-state index is 10.9. The van der Waals surface area contributed by atoms with E-state index in [2.05, 4.69) is 9.80 Å². The molecule has 0 unspecified atom stereocenters. The predicted octanol–water partition coefficient (Wildman–Crippen LogP) is 5.63. The van der Waals surface area contributed by atoms with Gasteiger partial charge < -0.3 is 9.64 Å². The van der Waals surface area contributed by atoms with Gasteiger partial charge in [0, 0.05) is 13.1 Å². The van der Waals surface area contributed by atoms with Crippen LogP contribution in [0, 0.1) is 60.7 Å². The Labute approximate surface area is 348 Å². The summed E-state index contributed by atoms with van der Waals surface area (Å²) in [6.45, 7) is 9.57. The van der Waals surface area contributed by atoms with E-state index in [0.717, 1.165) is 26.3 Å². The first-order chi connectivity index (χ1) is 28.6. The molecule has 0 bridgehead atoms. The molecule has 0 amide bonds. The third-order valence-electron chi connectivity index (χ3n) is 9.29. The van der Waals surface area contributed by atoms with Crippen molar-refractivity contribution >= 4 is 54.4 Å². The largest absolute Gasteiger partial charge is 0.379 e.